The van der Waals surface area contributed by atoms with Gasteiger partial charge in [0, 0.05) is 0 Å². The summed E-state index contributed by atoms with van der Waals surface area (Å²) in [6.45, 7) is 24.7. The molecule has 0 bridgehead atoms. The first kappa shape index (κ1) is 18.2. The minimum atomic E-state index is -0.188. The van der Waals surface area contributed by atoms with Crippen LogP contribution in [0.4, 0.5) is 0 Å². The van der Waals surface area contributed by atoms with E-state index in [4.69, 9.17) is 0 Å². The van der Waals surface area contributed by atoms with E-state index in [9.17, 15) is 5.53 Å². The summed E-state index contributed by atoms with van der Waals surface area (Å²) in [7, 11) is 0. The van der Waals surface area contributed by atoms with E-state index in [-0.39, 0.29) is 27.6 Å². The van der Waals surface area contributed by atoms with Gasteiger partial charge in [0.25, 0.3) is 5.71 Å². The number of nitrogens with zero attached hydrogens (tertiary/aromatic N) is 2. The van der Waals surface area contributed by atoms with E-state index < -0.39 is 0 Å². The first-order valence-corrected chi connectivity index (χ1v) is 8.12. The SMILES string of the molecule is CC(C)C(=[N+]=[N-])C1(C(C)(C)C)C(C(C)(C)C)=C1C(C)(C)C. The highest BCUT2D eigenvalue weighted by Gasteiger charge is 2.72. The fourth-order valence-corrected chi connectivity index (χ4v) is 4.17. The number of hydrogen-bond donors (Lipinski definition) is 0. The molecule has 0 radical (unpaired) electrons. The zero-order valence-electron chi connectivity index (χ0n) is 16.0. The molecule has 0 aromatic rings. The standard InChI is InChI=1S/C19H34N2/c1-12(2)15(21-20)19(18(9,10)11)13(16(3,4)5)14(19)17(6,7)8/h12H,1-11H3. The first-order valence-electron chi connectivity index (χ1n) is 8.12. The Hall–Kier alpha value is -0.880. The van der Waals surface area contributed by atoms with Gasteiger partial charge in [-0.25, -0.2) is 0 Å². The van der Waals surface area contributed by atoms with Crippen LogP contribution in [0.25, 0.3) is 5.53 Å². The third-order valence-corrected chi connectivity index (χ3v) is 4.60. The normalized spacial score (nSPS) is 18.9. The molecule has 0 aromatic heterocycles. The van der Waals surface area contributed by atoms with Crippen LogP contribution in [0.15, 0.2) is 11.1 Å². The highest BCUT2D eigenvalue weighted by Crippen LogP contribution is 2.73. The lowest BCUT2D eigenvalue weighted by molar-refractivity contribution is -0.0285. The van der Waals surface area contributed by atoms with Crippen LogP contribution in [0, 0.1) is 27.6 Å². The van der Waals surface area contributed by atoms with Crippen molar-refractivity contribution in [1.29, 1.82) is 0 Å². The van der Waals surface area contributed by atoms with E-state index in [1.54, 1.807) is 0 Å². The van der Waals surface area contributed by atoms with Crippen molar-refractivity contribution in [3.63, 3.8) is 0 Å². The van der Waals surface area contributed by atoms with E-state index in [2.05, 4.69) is 81.0 Å². The van der Waals surface area contributed by atoms with Gasteiger partial charge in [-0.05, 0) is 27.4 Å². The summed E-state index contributed by atoms with van der Waals surface area (Å²) in [5.41, 5.74) is 13.6. The smallest absolute Gasteiger partial charge is 0.286 e. The van der Waals surface area contributed by atoms with Crippen LogP contribution in [0.5, 0.6) is 0 Å². The predicted molar refractivity (Wildman–Crippen MR) is 91.3 cm³/mol. The van der Waals surface area contributed by atoms with Gasteiger partial charge in [-0.15, -0.1) is 0 Å². The maximum absolute atomic E-state index is 9.76. The molecule has 0 atom stereocenters. The van der Waals surface area contributed by atoms with E-state index in [0.717, 1.165) is 5.71 Å². The van der Waals surface area contributed by atoms with Crippen molar-refractivity contribution in [3.05, 3.63) is 16.7 Å². The third-order valence-electron chi connectivity index (χ3n) is 4.60. The topological polar surface area (TPSA) is 36.4 Å². The molecule has 2 heteroatoms. The zero-order valence-corrected chi connectivity index (χ0v) is 16.0. The van der Waals surface area contributed by atoms with Gasteiger partial charge >= 0.3 is 0 Å². The fourth-order valence-electron chi connectivity index (χ4n) is 4.17. The van der Waals surface area contributed by atoms with Crippen LogP contribution in [0.1, 0.15) is 76.2 Å². The minimum absolute atomic E-state index is 0.00403. The predicted octanol–water partition coefficient (Wildman–Crippen LogP) is 5.75. The second-order valence-corrected chi connectivity index (χ2v) is 9.89. The monoisotopic (exact) mass is 290 g/mol. The maximum Gasteiger partial charge on any atom is 0.286 e. The van der Waals surface area contributed by atoms with Crippen molar-refractivity contribution in [3.8, 4) is 0 Å². The maximum atomic E-state index is 9.76. The number of rotatable bonds is 2. The van der Waals surface area contributed by atoms with Crippen molar-refractivity contribution >= 4 is 5.71 Å². The Kier molecular flexibility index (Phi) is 4.16. The van der Waals surface area contributed by atoms with E-state index >= 15 is 0 Å². The van der Waals surface area contributed by atoms with Crippen LogP contribution in [-0.4, -0.2) is 10.5 Å². The van der Waals surface area contributed by atoms with Crippen molar-refractivity contribution in [2.45, 2.75) is 76.2 Å². The van der Waals surface area contributed by atoms with Gasteiger partial charge in [-0.1, -0.05) is 76.2 Å². The molecule has 0 spiro atoms. The molecule has 1 rings (SSSR count). The van der Waals surface area contributed by atoms with Gasteiger partial charge in [-0.2, -0.15) is 4.79 Å². The Morgan fingerprint density at radius 3 is 1.33 bits per heavy atom. The summed E-state index contributed by atoms with van der Waals surface area (Å²) in [5, 5.41) is 0. The molecule has 0 amide bonds. The molecule has 0 aliphatic heterocycles. The van der Waals surface area contributed by atoms with Crippen LogP contribution >= 0.6 is 0 Å². The Balaban J connectivity index is 3.71. The van der Waals surface area contributed by atoms with Gasteiger partial charge in [0.1, 0.15) is 5.41 Å². The average molecular weight is 290 g/mol. The molecule has 120 valence electrons. The molecule has 1 aliphatic rings. The lowest BCUT2D eigenvalue weighted by atomic mass is 9.62. The summed E-state index contributed by atoms with van der Waals surface area (Å²) >= 11 is 0. The molecule has 0 N–H and O–H groups in total. The lowest BCUT2D eigenvalue weighted by Gasteiger charge is -2.36. The molecule has 0 saturated heterocycles. The van der Waals surface area contributed by atoms with Crippen LogP contribution in [-0.2, 0) is 0 Å². The molecule has 1 aliphatic carbocycles. The van der Waals surface area contributed by atoms with E-state index in [0.29, 0.717) is 0 Å². The summed E-state index contributed by atoms with van der Waals surface area (Å²) < 4.78 is 0. The van der Waals surface area contributed by atoms with Gasteiger partial charge in [-0.3, -0.25) is 0 Å². The van der Waals surface area contributed by atoms with E-state index in [1.165, 1.54) is 11.1 Å². The van der Waals surface area contributed by atoms with Crippen molar-refractivity contribution in [1.82, 2.24) is 0 Å². The summed E-state index contributed by atoms with van der Waals surface area (Å²) in [5.74, 6) is 0.228. The Bertz CT molecular complexity index is 483. The van der Waals surface area contributed by atoms with Gasteiger partial charge in [0.05, 0.1) is 5.92 Å². The van der Waals surface area contributed by atoms with Crippen LogP contribution < -0.4 is 0 Å². The largest absolute Gasteiger partial charge is 0.362 e. The molecule has 0 fully saturated rings. The molecule has 0 saturated carbocycles. The Morgan fingerprint density at radius 1 is 0.857 bits per heavy atom. The highest BCUT2D eigenvalue weighted by atomic mass is 14.9. The van der Waals surface area contributed by atoms with Crippen LogP contribution in [0.3, 0.4) is 0 Å². The molecular weight excluding hydrogens is 256 g/mol. The van der Waals surface area contributed by atoms with Gasteiger partial charge in [0.2, 0.25) is 0 Å². The zero-order chi connectivity index (χ0) is 17.0. The Labute approximate surface area is 131 Å². The molecule has 2 nitrogen and oxygen atoms in total. The average Bonchev–Trinajstić information content (AvgIpc) is 2.87. The third kappa shape index (κ3) is 2.63. The quantitative estimate of drug-likeness (QED) is 0.269. The van der Waals surface area contributed by atoms with E-state index in [1.807, 2.05) is 0 Å². The number of allylic oxidation sites excluding steroid dienone is 2. The van der Waals surface area contributed by atoms with Crippen molar-refractivity contribution in [2.24, 2.45) is 27.6 Å². The van der Waals surface area contributed by atoms with Gasteiger partial charge < -0.3 is 5.53 Å². The molecule has 21 heavy (non-hydrogen) atoms. The molecule has 0 unspecified atom stereocenters. The Morgan fingerprint density at radius 2 is 1.19 bits per heavy atom. The van der Waals surface area contributed by atoms with Crippen LogP contribution in [0.2, 0.25) is 0 Å². The second kappa shape index (κ2) is 4.81. The molecule has 0 heterocycles. The summed E-state index contributed by atoms with van der Waals surface area (Å²) in [6.07, 6.45) is 0. The summed E-state index contributed by atoms with van der Waals surface area (Å²) in [4.78, 5) is 3.79. The molecule has 0 aromatic carbocycles. The number of hydrogen-bond acceptors (Lipinski definition) is 0. The summed E-state index contributed by atoms with van der Waals surface area (Å²) in [6, 6.07) is 0. The fraction of sp³-hybridized carbons (Fsp3) is 0.842. The van der Waals surface area contributed by atoms with Crippen molar-refractivity contribution in [2.75, 3.05) is 0 Å². The van der Waals surface area contributed by atoms with Crippen molar-refractivity contribution < 1.29 is 4.79 Å². The minimum Gasteiger partial charge on any atom is -0.362 e. The lowest BCUT2D eigenvalue weighted by Crippen LogP contribution is -2.41. The molecular formula is C19H34N2. The second-order valence-electron chi connectivity index (χ2n) is 9.89. The van der Waals surface area contributed by atoms with Gasteiger partial charge in [0.15, 0.2) is 0 Å². The first-order chi connectivity index (χ1) is 9.13. The highest BCUT2D eigenvalue weighted by molar-refractivity contribution is 6.00.